The van der Waals surface area contributed by atoms with E-state index in [0.717, 1.165) is 29.7 Å². The highest BCUT2D eigenvalue weighted by molar-refractivity contribution is 5.89. The summed E-state index contributed by atoms with van der Waals surface area (Å²) in [4.78, 5) is 0. The molecule has 2 aromatic rings. The minimum Gasteiger partial charge on any atom is -0.496 e. The summed E-state index contributed by atoms with van der Waals surface area (Å²) < 4.78 is 11.1. The highest BCUT2D eigenvalue weighted by Gasteiger charge is 2.16. The van der Waals surface area contributed by atoms with Crippen LogP contribution in [0.4, 0.5) is 0 Å². The molecule has 0 spiro atoms. The SMILES string of the molecule is CNCCc1c(C)c(C)c2occc2c1OC. The van der Waals surface area contributed by atoms with Crippen molar-refractivity contribution in [3.8, 4) is 5.75 Å². The van der Waals surface area contributed by atoms with Gasteiger partial charge in [0.1, 0.15) is 11.3 Å². The van der Waals surface area contributed by atoms with Crippen LogP contribution < -0.4 is 10.1 Å². The number of likely N-dealkylation sites (N-methyl/N-ethyl adjacent to an activating group) is 1. The molecule has 0 aliphatic heterocycles. The number of hydrogen-bond donors (Lipinski definition) is 1. The van der Waals surface area contributed by atoms with Crippen molar-refractivity contribution in [2.45, 2.75) is 20.3 Å². The number of benzene rings is 1. The van der Waals surface area contributed by atoms with Crippen molar-refractivity contribution < 1.29 is 9.15 Å². The van der Waals surface area contributed by atoms with Crippen molar-refractivity contribution in [3.05, 3.63) is 29.0 Å². The van der Waals surface area contributed by atoms with Crippen LogP contribution in [-0.4, -0.2) is 20.7 Å². The average Bonchev–Trinajstić information content (AvgIpc) is 2.81. The fraction of sp³-hybridized carbons (Fsp3) is 0.429. The molecule has 0 unspecified atom stereocenters. The molecule has 3 nitrogen and oxygen atoms in total. The fourth-order valence-electron chi connectivity index (χ4n) is 2.29. The number of aryl methyl sites for hydroxylation is 1. The summed E-state index contributed by atoms with van der Waals surface area (Å²) in [5.74, 6) is 0.951. The molecule has 0 saturated carbocycles. The van der Waals surface area contributed by atoms with E-state index in [1.54, 1.807) is 13.4 Å². The molecule has 1 aromatic heterocycles. The molecule has 17 heavy (non-hydrogen) atoms. The Morgan fingerprint density at radius 2 is 2.06 bits per heavy atom. The van der Waals surface area contributed by atoms with Crippen LogP contribution in [0.3, 0.4) is 0 Å². The lowest BCUT2D eigenvalue weighted by atomic mass is 9.97. The Labute approximate surface area is 102 Å². The molecule has 0 atom stereocenters. The van der Waals surface area contributed by atoms with Crippen LogP contribution in [0.25, 0.3) is 11.0 Å². The maximum absolute atomic E-state index is 5.56. The Morgan fingerprint density at radius 1 is 1.29 bits per heavy atom. The number of ether oxygens (including phenoxy) is 1. The first-order chi connectivity index (χ1) is 8.20. The van der Waals surface area contributed by atoms with Gasteiger partial charge in [-0.05, 0) is 56.6 Å². The standard InChI is InChI=1S/C14H19NO2/c1-9-10(2)13-12(6-8-17-13)14(16-4)11(9)5-7-15-3/h6,8,15H,5,7H2,1-4H3. The van der Waals surface area contributed by atoms with Crippen molar-refractivity contribution in [2.75, 3.05) is 20.7 Å². The second kappa shape index (κ2) is 4.80. The molecule has 2 rings (SSSR count). The largest absolute Gasteiger partial charge is 0.496 e. The summed E-state index contributed by atoms with van der Waals surface area (Å²) in [6, 6.07) is 1.98. The number of nitrogens with one attached hydrogen (secondary N) is 1. The highest BCUT2D eigenvalue weighted by Crippen LogP contribution is 2.36. The van der Waals surface area contributed by atoms with Crippen LogP contribution >= 0.6 is 0 Å². The molecular weight excluding hydrogens is 214 g/mol. The minimum absolute atomic E-state index is 0.938. The van der Waals surface area contributed by atoms with Gasteiger partial charge in [-0.15, -0.1) is 0 Å². The van der Waals surface area contributed by atoms with Crippen molar-refractivity contribution in [2.24, 2.45) is 0 Å². The third-order valence-electron chi connectivity index (χ3n) is 3.37. The van der Waals surface area contributed by atoms with Gasteiger partial charge in [0, 0.05) is 0 Å². The Hall–Kier alpha value is -1.48. The molecule has 1 heterocycles. The third kappa shape index (κ3) is 1.91. The van der Waals surface area contributed by atoms with E-state index in [9.17, 15) is 0 Å². The van der Waals surface area contributed by atoms with E-state index in [-0.39, 0.29) is 0 Å². The predicted molar refractivity (Wildman–Crippen MR) is 69.9 cm³/mol. The van der Waals surface area contributed by atoms with Gasteiger partial charge in [0.05, 0.1) is 18.8 Å². The average molecular weight is 233 g/mol. The Kier molecular flexibility index (Phi) is 3.38. The van der Waals surface area contributed by atoms with Gasteiger partial charge in [-0.3, -0.25) is 0 Å². The third-order valence-corrected chi connectivity index (χ3v) is 3.37. The Bertz CT molecular complexity index is 528. The molecule has 1 N–H and O–H groups in total. The van der Waals surface area contributed by atoms with Crippen LogP contribution in [0.5, 0.6) is 5.75 Å². The normalized spacial score (nSPS) is 11.1. The lowest BCUT2D eigenvalue weighted by molar-refractivity contribution is 0.413. The van der Waals surface area contributed by atoms with Gasteiger partial charge in [0.2, 0.25) is 0 Å². The lowest BCUT2D eigenvalue weighted by Gasteiger charge is -2.15. The summed E-state index contributed by atoms with van der Waals surface area (Å²) in [5.41, 5.74) is 4.68. The number of furan rings is 1. The second-order valence-electron chi connectivity index (χ2n) is 4.28. The monoisotopic (exact) mass is 233 g/mol. The zero-order chi connectivity index (χ0) is 12.4. The van der Waals surface area contributed by atoms with Gasteiger partial charge in [0.15, 0.2) is 0 Å². The van der Waals surface area contributed by atoms with Gasteiger partial charge in [-0.25, -0.2) is 0 Å². The van der Waals surface area contributed by atoms with Crippen LogP contribution in [0.15, 0.2) is 16.7 Å². The maximum atomic E-state index is 5.56. The van der Waals surface area contributed by atoms with E-state index in [0.29, 0.717) is 0 Å². The first-order valence-electron chi connectivity index (χ1n) is 5.88. The molecular formula is C14H19NO2. The van der Waals surface area contributed by atoms with E-state index < -0.39 is 0 Å². The quantitative estimate of drug-likeness (QED) is 0.881. The molecule has 1 aromatic carbocycles. The van der Waals surface area contributed by atoms with E-state index >= 15 is 0 Å². The van der Waals surface area contributed by atoms with E-state index in [2.05, 4.69) is 19.2 Å². The smallest absolute Gasteiger partial charge is 0.140 e. The molecule has 92 valence electrons. The summed E-state index contributed by atoms with van der Waals surface area (Å²) in [5, 5.41) is 4.25. The van der Waals surface area contributed by atoms with Crippen LogP contribution in [0, 0.1) is 13.8 Å². The summed E-state index contributed by atoms with van der Waals surface area (Å²) in [7, 11) is 3.68. The number of hydrogen-bond acceptors (Lipinski definition) is 3. The van der Waals surface area contributed by atoms with Gasteiger partial charge >= 0.3 is 0 Å². The Balaban J connectivity index is 2.66. The molecule has 0 aliphatic carbocycles. The van der Waals surface area contributed by atoms with Crippen molar-refractivity contribution in [1.82, 2.24) is 5.32 Å². The van der Waals surface area contributed by atoms with E-state index in [1.165, 1.54) is 16.7 Å². The molecule has 0 saturated heterocycles. The summed E-state index contributed by atoms with van der Waals surface area (Å²) in [6.07, 6.45) is 2.69. The van der Waals surface area contributed by atoms with E-state index in [1.807, 2.05) is 13.1 Å². The zero-order valence-electron chi connectivity index (χ0n) is 10.9. The predicted octanol–water partition coefficient (Wildman–Crippen LogP) is 2.82. The molecule has 0 bridgehead atoms. The van der Waals surface area contributed by atoms with Gasteiger partial charge in [-0.2, -0.15) is 0 Å². The van der Waals surface area contributed by atoms with Gasteiger partial charge in [0.25, 0.3) is 0 Å². The molecule has 0 amide bonds. The summed E-state index contributed by atoms with van der Waals surface area (Å²) >= 11 is 0. The topological polar surface area (TPSA) is 34.4 Å². The van der Waals surface area contributed by atoms with Crippen molar-refractivity contribution in [3.63, 3.8) is 0 Å². The molecule has 0 radical (unpaired) electrons. The van der Waals surface area contributed by atoms with Crippen LogP contribution in [0.2, 0.25) is 0 Å². The molecule has 0 fully saturated rings. The van der Waals surface area contributed by atoms with Crippen LogP contribution in [-0.2, 0) is 6.42 Å². The van der Waals surface area contributed by atoms with Gasteiger partial charge in [-0.1, -0.05) is 0 Å². The number of fused-ring (bicyclic) bond motifs is 1. The highest BCUT2D eigenvalue weighted by atomic mass is 16.5. The number of rotatable bonds is 4. The van der Waals surface area contributed by atoms with Gasteiger partial charge < -0.3 is 14.5 Å². The Morgan fingerprint density at radius 3 is 2.71 bits per heavy atom. The number of methoxy groups -OCH3 is 1. The fourth-order valence-corrected chi connectivity index (χ4v) is 2.29. The molecule has 0 aliphatic rings. The van der Waals surface area contributed by atoms with Crippen LogP contribution in [0.1, 0.15) is 16.7 Å². The first-order valence-corrected chi connectivity index (χ1v) is 5.88. The zero-order valence-corrected chi connectivity index (χ0v) is 10.9. The first kappa shape index (κ1) is 12.0. The lowest BCUT2D eigenvalue weighted by Crippen LogP contribution is -2.12. The van der Waals surface area contributed by atoms with Crippen molar-refractivity contribution in [1.29, 1.82) is 0 Å². The minimum atomic E-state index is 0.938. The molecule has 3 heteroatoms. The van der Waals surface area contributed by atoms with E-state index in [4.69, 9.17) is 9.15 Å². The summed E-state index contributed by atoms with van der Waals surface area (Å²) in [6.45, 7) is 5.17. The maximum Gasteiger partial charge on any atom is 0.140 e. The second-order valence-corrected chi connectivity index (χ2v) is 4.28. The van der Waals surface area contributed by atoms with Crippen molar-refractivity contribution >= 4 is 11.0 Å².